The fourth-order valence-corrected chi connectivity index (χ4v) is 3.46. The molecule has 0 saturated carbocycles. The van der Waals surface area contributed by atoms with Gasteiger partial charge in [0.15, 0.2) is 0 Å². The molecule has 0 fully saturated rings. The van der Waals surface area contributed by atoms with Crippen molar-refractivity contribution in [3.05, 3.63) is 111 Å². The fraction of sp³-hybridized carbons (Fsp3) is 0.0833. The molecular weight excluding hydrogens is 456 g/mol. The molecule has 4 aromatic rings. The summed E-state index contributed by atoms with van der Waals surface area (Å²) in [6.45, 7) is 2.03. The molecule has 0 spiro atoms. The van der Waals surface area contributed by atoms with Crippen LogP contribution in [0, 0.1) is 0 Å². The first-order valence-corrected chi connectivity index (χ1v) is 10.5. The number of benzene rings is 3. The Labute approximate surface area is 187 Å². The molecule has 0 bridgehead atoms. The zero-order chi connectivity index (χ0) is 21.8. The normalized spacial score (nSPS) is 11.5. The van der Waals surface area contributed by atoms with E-state index in [2.05, 4.69) is 31.4 Å². The molecule has 0 radical (unpaired) electrons. The maximum absolute atomic E-state index is 13.2. The first kappa shape index (κ1) is 20.7. The van der Waals surface area contributed by atoms with E-state index in [9.17, 15) is 9.59 Å². The number of rotatable bonds is 5. The van der Waals surface area contributed by atoms with Gasteiger partial charge in [0.2, 0.25) is 5.82 Å². The quantitative estimate of drug-likeness (QED) is 0.344. The van der Waals surface area contributed by atoms with Gasteiger partial charge in [-0.3, -0.25) is 14.2 Å². The Morgan fingerprint density at radius 3 is 2.42 bits per heavy atom. The SMILES string of the molecule is C/C(=N/NC(=O)c1nc2ccccc2c(=O)n1Cc1ccccc1)c1ccc(Br)cc1. The van der Waals surface area contributed by atoms with Gasteiger partial charge in [-0.25, -0.2) is 10.4 Å². The van der Waals surface area contributed by atoms with Crippen molar-refractivity contribution in [2.45, 2.75) is 13.5 Å². The topological polar surface area (TPSA) is 76.3 Å². The van der Waals surface area contributed by atoms with Gasteiger partial charge in [0.25, 0.3) is 5.56 Å². The Morgan fingerprint density at radius 2 is 1.68 bits per heavy atom. The summed E-state index contributed by atoms with van der Waals surface area (Å²) in [6.07, 6.45) is 0. The van der Waals surface area contributed by atoms with E-state index in [1.807, 2.05) is 54.6 Å². The number of hydrazone groups is 1. The molecule has 1 heterocycles. The molecular formula is C24H19BrN4O2. The molecule has 0 atom stereocenters. The van der Waals surface area contributed by atoms with E-state index in [4.69, 9.17) is 0 Å². The van der Waals surface area contributed by atoms with E-state index >= 15 is 0 Å². The van der Waals surface area contributed by atoms with Crippen LogP contribution in [0.25, 0.3) is 10.9 Å². The summed E-state index contributed by atoms with van der Waals surface area (Å²) in [5.74, 6) is -0.532. The highest BCUT2D eigenvalue weighted by molar-refractivity contribution is 9.10. The molecule has 0 aliphatic carbocycles. The van der Waals surface area contributed by atoms with Crippen LogP contribution < -0.4 is 11.0 Å². The molecule has 6 nitrogen and oxygen atoms in total. The number of hydrogen-bond donors (Lipinski definition) is 1. The molecule has 0 unspecified atom stereocenters. The van der Waals surface area contributed by atoms with Crippen molar-refractivity contribution in [2.75, 3.05) is 0 Å². The second kappa shape index (κ2) is 9.06. The zero-order valence-corrected chi connectivity index (χ0v) is 18.3. The van der Waals surface area contributed by atoms with Gasteiger partial charge in [-0.15, -0.1) is 0 Å². The predicted molar refractivity (Wildman–Crippen MR) is 125 cm³/mol. The van der Waals surface area contributed by atoms with E-state index < -0.39 is 5.91 Å². The number of fused-ring (bicyclic) bond motifs is 1. The molecule has 4 rings (SSSR count). The molecule has 1 N–H and O–H groups in total. The minimum absolute atomic E-state index is 0.0138. The van der Waals surface area contributed by atoms with E-state index in [0.717, 1.165) is 15.6 Å². The Morgan fingerprint density at radius 1 is 1.00 bits per heavy atom. The highest BCUT2D eigenvalue weighted by Gasteiger charge is 2.17. The zero-order valence-electron chi connectivity index (χ0n) is 16.7. The van der Waals surface area contributed by atoms with Crippen molar-refractivity contribution in [1.29, 1.82) is 0 Å². The first-order valence-electron chi connectivity index (χ1n) is 9.67. The molecule has 3 aromatic carbocycles. The summed E-state index contributed by atoms with van der Waals surface area (Å²) in [7, 11) is 0. The third-order valence-corrected chi connectivity index (χ3v) is 5.36. The van der Waals surface area contributed by atoms with Gasteiger partial charge in [-0.2, -0.15) is 5.10 Å². The largest absolute Gasteiger partial charge is 0.307 e. The molecule has 7 heteroatoms. The highest BCUT2D eigenvalue weighted by atomic mass is 79.9. The van der Waals surface area contributed by atoms with Crippen molar-refractivity contribution < 1.29 is 4.79 Å². The van der Waals surface area contributed by atoms with Gasteiger partial charge in [0.1, 0.15) is 0 Å². The number of carbonyl (C=O) groups is 1. The van der Waals surface area contributed by atoms with E-state index in [1.54, 1.807) is 31.2 Å². The average Bonchev–Trinajstić information content (AvgIpc) is 2.80. The van der Waals surface area contributed by atoms with E-state index in [-0.39, 0.29) is 17.9 Å². The lowest BCUT2D eigenvalue weighted by Crippen LogP contribution is -2.32. The average molecular weight is 475 g/mol. The maximum Gasteiger partial charge on any atom is 0.307 e. The number of nitrogens with one attached hydrogen (secondary N) is 1. The second-order valence-corrected chi connectivity index (χ2v) is 7.89. The van der Waals surface area contributed by atoms with Crippen LogP contribution >= 0.6 is 15.9 Å². The van der Waals surface area contributed by atoms with Gasteiger partial charge in [0, 0.05) is 4.47 Å². The molecule has 31 heavy (non-hydrogen) atoms. The Hall–Kier alpha value is -3.58. The molecule has 154 valence electrons. The minimum atomic E-state index is -0.546. The van der Waals surface area contributed by atoms with E-state index in [0.29, 0.717) is 16.6 Å². The first-order chi connectivity index (χ1) is 15.0. The van der Waals surface area contributed by atoms with Crippen LogP contribution in [0.4, 0.5) is 0 Å². The monoisotopic (exact) mass is 474 g/mol. The Bertz CT molecular complexity index is 1330. The standard InChI is InChI=1S/C24H19BrN4O2/c1-16(18-11-13-19(25)14-12-18)27-28-23(30)22-26-21-10-6-5-9-20(21)24(31)29(22)15-17-7-3-2-4-8-17/h2-14H,15H2,1H3,(H,28,30)/b27-16-. The van der Waals surface area contributed by atoms with Gasteiger partial charge >= 0.3 is 5.91 Å². The maximum atomic E-state index is 13.2. The van der Waals surface area contributed by atoms with Gasteiger partial charge < -0.3 is 0 Å². The predicted octanol–water partition coefficient (Wildman–Crippen LogP) is 4.36. The Balaban J connectivity index is 1.72. The third kappa shape index (κ3) is 4.62. The van der Waals surface area contributed by atoms with Crippen LogP contribution in [0.5, 0.6) is 0 Å². The van der Waals surface area contributed by atoms with Crippen LogP contribution in [-0.2, 0) is 6.54 Å². The molecule has 0 aliphatic rings. The van der Waals surface area contributed by atoms with Crippen molar-refractivity contribution in [2.24, 2.45) is 5.10 Å². The third-order valence-electron chi connectivity index (χ3n) is 4.84. The fourth-order valence-electron chi connectivity index (χ4n) is 3.19. The molecule has 1 aromatic heterocycles. The lowest BCUT2D eigenvalue weighted by molar-refractivity contribution is 0.0939. The minimum Gasteiger partial charge on any atom is -0.283 e. The van der Waals surface area contributed by atoms with Gasteiger partial charge in [-0.1, -0.05) is 70.5 Å². The molecule has 0 aliphatic heterocycles. The number of amides is 1. The lowest BCUT2D eigenvalue weighted by atomic mass is 10.1. The molecule has 1 amide bonds. The van der Waals surface area contributed by atoms with E-state index in [1.165, 1.54) is 4.57 Å². The van der Waals surface area contributed by atoms with Gasteiger partial charge in [0.05, 0.1) is 23.2 Å². The number of halogens is 1. The summed E-state index contributed by atoms with van der Waals surface area (Å²) in [5.41, 5.74) is 5.15. The highest BCUT2D eigenvalue weighted by Crippen LogP contribution is 2.12. The summed E-state index contributed by atoms with van der Waals surface area (Å²) in [5, 5.41) is 4.67. The molecule has 0 saturated heterocycles. The van der Waals surface area contributed by atoms with Crippen LogP contribution in [-0.4, -0.2) is 21.2 Å². The summed E-state index contributed by atoms with van der Waals surface area (Å²) < 4.78 is 2.34. The second-order valence-electron chi connectivity index (χ2n) is 6.97. The van der Waals surface area contributed by atoms with Crippen LogP contribution in [0.1, 0.15) is 28.7 Å². The Kier molecular flexibility index (Phi) is 6.04. The van der Waals surface area contributed by atoms with Crippen LogP contribution in [0.15, 0.2) is 93.2 Å². The number of hydrogen-bond acceptors (Lipinski definition) is 4. The van der Waals surface area contributed by atoms with Crippen molar-refractivity contribution in [1.82, 2.24) is 15.0 Å². The van der Waals surface area contributed by atoms with Crippen LogP contribution in [0.2, 0.25) is 0 Å². The van der Waals surface area contributed by atoms with Gasteiger partial charge in [-0.05, 0) is 42.3 Å². The summed E-state index contributed by atoms with van der Waals surface area (Å²) in [4.78, 5) is 30.6. The van der Waals surface area contributed by atoms with Crippen molar-refractivity contribution in [3.8, 4) is 0 Å². The summed E-state index contributed by atoms with van der Waals surface area (Å²) >= 11 is 3.40. The smallest absolute Gasteiger partial charge is 0.283 e. The number of para-hydroxylation sites is 1. The number of carbonyl (C=O) groups excluding carboxylic acids is 1. The summed E-state index contributed by atoms with van der Waals surface area (Å²) in [6, 6.07) is 24.1. The van der Waals surface area contributed by atoms with Crippen LogP contribution in [0.3, 0.4) is 0 Å². The lowest BCUT2D eigenvalue weighted by Gasteiger charge is -2.13. The van der Waals surface area contributed by atoms with Crippen molar-refractivity contribution in [3.63, 3.8) is 0 Å². The number of aromatic nitrogens is 2. The number of nitrogens with zero attached hydrogens (tertiary/aromatic N) is 3. The van der Waals surface area contributed by atoms with Crippen molar-refractivity contribution >= 4 is 38.5 Å².